The van der Waals surface area contributed by atoms with Crippen LogP contribution in [0, 0.1) is 0 Å². The van der Waals surface area contributed by atoms with Crippen LogP contribution in [0.5, 0.6) is 0 Å². The van der Waals surface area contributed by atoms with E-state index in [2.05, 4.69) is 137 Å². The number of rotatable bonds is 3. The Morgan fingerprint density at radius 2 is 0.800 bits per heavy atom. The third-order valence-electron chi connectivity index (χ3n) is 6.92. The minimum Gasteiger partial charge on any atom is -0.377 e. The Labute approximate surface area is 203 Å². The van der Waals surface area contributed by atoms with Crippen LogP contribution < -0.4 is 4.90 Å². The number of anilines is 1. The maximum atomic E-state index is 5.30. The maximum absolute atomic E-state index is 5.30. The van der Waals surface area contributed by atoms with E-state index in [4.69, 9.17) is 4.98 Å². The van der Waals surface area contributed by atoms with E-state index in [1.54, 1.807) is 0 Å². The highest BCUT2D eigenvalue weighted by atomic mass is 15.2. The lowest BCUT2D eigenvalue weighted by molar-refractivity contribution is 0.999. The van der Waals surface area contributed by atoms with Crippen molar-refractivity contribution in [1.29, 1.82) is 0 Å². The molecular weight excluding hydrogens is 428 g/mol. The van der Waals surface area contributed by atoms with E-state index in [0.717, 1.165) is 39.4 Å². The molecule has 7 rings (SSSR count). The van der Waals surface area contributed by atoms with Gasteiger partial charge in [-0.05, 0) is 24.3 Å². The van der Waals surface area contributed by atoms with Gasteiger partial charge in [0.2, 0.25) is 0 Å². The lowest BCUT2D eigenvalue weighted by Crippen LogP contribution is -2.12. The van der Waals surface area contributed by atoms with E-state index in [1.807, 2.05) is 0 Å². The second kappa shape index (κ2) is 7.47. The van der Waals surface area contributed by atoms with Gasteiger partial charge in [0.1, 0.15) is 11.6 Å². The summed E-state index contributed by atoms with van der Waals surface area (Å²) in [7, 11) is 4.17. The number of nitrogens with zero attached hydrogens (tertiary/aromatic N) is 4. The van der Waals surface area contributed by atoms with Gasteiger partial charge in [-0.1, -0.05) is 72.8 Å². The predicted molar refractivity (Wildman–Crippen MR) is 147 cm³/mol. The molecule has 0 amide bonds. The van der Waals surface area contributed by atoms with Crippen LogP contribution in [0.1, 0.15) is 0 Å². The van der Waals surface area contributed by atoms with E-state index in [1.165, 1.54) is 21.5 Å². The van der Waals surface area contributed by atoms with Gasteiger partial charge in [0.25, 0.3) is 0 Å². The van der Waals surface area contributed by atoms with Crippen LogP contribution in [-0.4, -0.2) is 28.2 Å². The Balaban J connectivity index is 1.60. The number of hydrogen-bond donors (Lipinski definition) is 0. The summed E-state index contributed by atoms with van der Waals surface area (Å²) < 4.78 is 4.57. The highest BCUT2D eigenvalue weighted by Crippen LogP contribution is 2.35. The lowest BCUT2D eigenvalue weighted by atomic mass is 10.2. The maximum Gasteiger partial charge on any atom is 0.142 e. The molecule has 4 heteroatoms. The van der Waals surface area contributed by atoms with Gasteiger partial charge in [0.15, 0.2) is 0 Å². The highest BCUT2D eigenvalue weighted by molar-refractivity contribution is 6.10. The minimum absolute atomic E-state index is 0.908. The Bertz CT molecular complexity index is 1650. The van der Waals surface area contributed by atoms with Gasteiger partial charge in [-0.15, -0.1) is 0 Å². The summed E-state index contributed by atoms with van der Waals surface area (Å²) in [6, 6.07) is 38.7. The van der Waals surface area contributed by atoms with Crippen LogP contribution >= 0.6 is 0 Å². The van der Waals surface area contributed by atoms with Crippen molar-refractivity contribution in [2.24, 2.45) is 0 Å². The summed E-state index contributed by atoms with van der Waals surface area (Å²) in [5.41, 5.74) is 5.74. The second-order valence-corrected chi connectivity index (χ2v) is 9.18. The Morgan fingerprint density at radius 3 is 1.11 bits per heavy atom. The zero-order chi connectivity index (χ0) is 23.5. The first-order chi connectivity index (χ1) is 17.2. The molecule has 0 saturated carbocycles. The van der Waals surface area contributed by atoms with Gasteiger partial charge in [0, 0.05) is 53.5 Å². The number of fused-ring (bicyclic) bond motifs is 6. The van der Waals surface area contributed by atoms with Crippen LogP contribution in [0.25, 0.3) is 55.2 Å². The number of aromatic nitrogens is 3. The third-order valence-corrected chi connectivity index (χ3v) is 6.92. The zero-order valence-corrected chi connectivity index (χ0v) is 19.7. The summed E-state index contributed by atoms with van der Waals surface area (Å²) in [4.78, 5) is 7.45. The largest absolute Gasteiger partial charge is 0.377 e. The van der Waals surface area contributed by atoms with E-state index in [0.29, 0.717) is 0 Å². The molecule has 0 unspecified atom stereocenters. The van der Waals surface area contributed by atoms with Crippen molar-refractivity contribution in [2.45, 2.75) is 0 Å². The molecule has 0 atom stereocenters. The summed E-state index contributed by atoms with van der Waals surface area (Å²) in [5, 5.41) is 4.94. The van der Waals surface area contributed by atoms with Crippen molar-refractivity contribution >= 4 is 49.3 Å². The predicted octanol–water partition coefficient (Wildman–Crippen LogP) is 7.34. The molecule has 0 radical (unpaired) electrons. The average molecular weight is 453 g/mol. The summed E-state index contributed by atoms with van der Waals surface area (Å²) in [6.07, 6.45) is 0. The summed E-state index contributed by atoms with van der Waals surface area (Å²) in [6.45, 7) is 0. The SMILES string of the molecule is CN(C)c1cc(-n2c3ccccc3c3ccccc32)nc(-n2c3ccccc3c3ccccc32)c1. The Kier molecular flexibility index (Phi) is 4.24. The molecular formula is C31H24N4. The van der Waals surface area contributed by atoms with Crippen LogP contribution in [0.4, 0.5) is 5.69 Å². The Morgan fingerprint density at radius 1 is 0.486 bits per heavy atom. The first-order valence-electron chi connectivity index (χ1n) is 11.9. The van der Waals surface area contributed by atoms with Crippen molar-refractivity contribution in [1.82, 2.24) is 14.1 Å². The zero-order valence-electron chi connectivity index (χ0n) is 19.7. The van der Waals surface area contributed by atoms with Crippen molar-refractivity contribution in [3.8, 4) is 11.6 Å². The van der Waals surface area contributed by atoms with Gasteiger partial charge in [-0.3, -0.25) is 9.13 Å². The topological polar surface area (TPSA) is 26.0 Å². The standard InChI is InChI=1S/C31H24N4/c1-33(2)21-19-30(34-26-15-7-3-11-22(26)23-12-4-8-16-27(23)34)32-31(20-21)35-28-17-9-5-13-24(28)25-14-6-10-18-29(25)35/h3-20H,1-2H3. The normalized spacial score (nSPS) is 11.7. The third kappa shape index (κ3) is 2.90. The molecule has 4 nitrogen and oxygen atoms in total. The van der Waals surface area contributed by atoms with Gasteiger partial charge in [0.05, 0.1) is 22.1 Å². The van der Waals surface area contributed by atoms with Gasteiger partial charge >= 0.3 is 0 Å². The van der Waals surface area contributed by atoms with E-state index in [-0.39, 0.29) is 0 Å². The van der Waals surface area contributed by atoms with Crippen molar-refractivity contribution < 1.29 is 0 Å². The summed E-state index contributed by atoms with van der Waals surface area (Å²) in [5.74, 6) is 1.82. The second-order valence-electron chi connectivity index (χ2n) is 9.18. The fourth-order valence-corrected chi connectivity index (χ4v) is 5.31. The van der Waals surface area contributed by atoms with Gasteiger partial charge < -0.3 is 4.90 Å². The number of hydrogen-bond acceptors (Lipinski definition) is 2. The van der Waals surface area contributed by atoms with Crippen LogP contribution in [0.3, 0.4) is 0 Å². The van der Waals surface area contributed by atoms with Crippen molar-refractivity contribution in [2.75, 3.05) is 19.0 Å². The quantitative estimate of drug-likeness (QED) is 0.280. The fraction of sp³-hybridized carbons (Fsp3) is 0.0645. The molecule has 168 valence electrons. The molecule has 0 bridgehead atoms. The van der Waals surface area contributed by atoms with Gasteiger partial charge in [-0.25, -0.2) is 4.98 Å². The Hall–Kier alpha value is -4.57. The molecule has 0 fully saturated rings. The summed E-state index contributed by atoms with van der Waals surface area (Å²) >= 11 is 0. The molecule has 0 aliphatic heterocycles. The first kappa shape index (κ1) is 19.9. The molecule has 7 aromatic rings. The molecule has 0 saturated heterocycles. The molecule has 35 heavy (non-hydrogen) atoms. The molecule has 0 aliphatic rings. The number of pyridine rings is 1. The molecule has 3 aromatic heterocycles. The van der Waals surface area contributed by atoms with Crippen LogP contribution in [0.2, 0.25) is 0 Å². The number of benzene rings is 4. The molecule has 0 N–H and O–H groups in total. The van der Waals surface area contributed by atoms with E-state index in [9.17, 15) is 0 Å². The average Bonchev–Trinajstić information content (AvgIpc) is 3.42. The molecule has 0 spiro atoms. The number of para-hydroxylation sites is 4. The van der Waals surface area contributed by atoms with E-state index >= 15 is 0 Å². The lowest BCUT2D eigenvalue weighted by Gasteiger charge is -2.18. The van der Waals surface area contributed by atoms with Crippen LogP contribution in [0.15, 0.2) is 109 Å². The smallest absolute Gasteiger partial charge is 0.142 e. The highest BCUT2D eigenvalue weighted by Gasteiger charge is 2.17. The molecule has 3 heterocycles. The van der Waals surface area contributed by atoms with E-state index < -0.39 is 0 Å². The van der Waals surface area contributed by atoms with Crippen molar-refractivity contribution in [3.63, 3.8) is 0 Å². The fourth-order valence-electron chi connectivity index (χ4n) is 5.31. The first-order valence-corrected chi connectivity index (χ1v) is 11.9. The monoisotopic (exact) mass is 452 g/mol. The minimum atomic E-state index is 0.908. The van der Waals surface area contributed by atoms with Gasteiger partial charge in [-0.2, -0.15) is 0 Å². The molecule has 4 aromatic carbocycles. The van der Waals surface area contributed by atoms with Crippen LogP contribution in [-0.2, 0) is 0 Å². The van der Waals surface area contributed by atoms with Crippen molar-refractivity contribution in [3.05, 3.63) is 109 Å². The molecule has 0 aliphatic carbocycles.